The summed E-state index contributed by atoms with van der Waals surface area (Å²) in [5.74, 6) is 7.47. The van der Waals surface area contributed by atoms with Gasteiger partial charge in [-0.25, -0.2) is 30.7 Å². The Kier molecular flexibility index (Phi) is 56.5. The van der Waals surface area contributed by atoms with Crippen molar-refractivity contribution in [2.45, 2.75) is 284 Å². The number of alkyl halides is 3. The zero-order valence-electron chi connectivity index (χ0n) is 86.2. The SMILES string of the molecule is CC(C)c1ccc(F)c(CO)c1.CC(C)c1ccc(F)cc1C(F)(F)F.CC(C)c1ccc(F)cc1Cl.CC(C)c1cccc(CO)c1.COc1cc(F)c(C)cc1C(C)C.COc1cc(F)ccc1C(C)C.COc1ccc(C(C)C)cc1C(C)C.COc1ccc(Cl)cc1C(C)C.COc1ccc(OC)c(C(C)C)c1.Cc1cc(C(C)C)c(C)cc1F.Cc1cc(F)ccc1C(C)C. The van der Waals surface area contributed by atoms with Crippen LogP contribution in [0.3, 0.4) is 0 Å². The van der Waals surface area contributed by atoms with Crippen LogP contribution in [0.15, 0.2) is 194 Å². The number of aryl methyl sites for hydroxylation is 4. The minimum atomic E-state index is -4.48. The second-order valence-corrected chi connectivity index (χ2v) is 37.2. The van der Waals surface area contributed by atoms with E-state index in [9.17, 15) is 43.9 Å². The first-order chi connectivity index (χ1) is 63.0. The van der Waals surface area contributed by atoms with Crippen LogP contribution in [0.4, 0.5) is 43.9 Å². The van der Waals surface area contributed by atoms with Crippen LogP contribution in [0.25, 0.3) is 0 Å². The Bertz CT molecular complexity index is 5250. The second-order valence-electron chi connectivity index (χ2n) is 36.3. The number of methoxy groups -OCH3 is 6. The summed E-state index contributed by atoms with van der Waals surface area (Å²) in [6.45, 7) is 57.1. The Hall–Kier alpha value is -9.98. The molecule has 0 spiro atoms. The third-order valence-electron chi connectivity index (χ3n) is 21.6. The Morgan fingerprint density at radius 1 is 0.267 bits per heavy atom. The van der Waals surface area contributed by atoms with Crippen molar-refractivity contribution in [1.29, 1.82) is 0 Å². The van der Waals surface area contributed by atoms with Crippen LogP contribution in [0, 0.1) is 68.4 Å². The molecule has 2 N–H and O–H groups in total. The molecular weight excluding hydrogens is 1770 g/mol. The summed E-state index contributed by atoms with van der Waals surface area (Å²) in [7, 11) is 9.89. The number of aliphatic hydroxyl groups is 2. The van der Waals surface area contributed by atoms with E-state index in [1.807, 2.05) is 114 Å². The number of rotatable bonds is 20. The Morgan fingerprint density at radius 3 is 1.06 bits per heavy atom. The van der Waals surface area contributed by atoms with E-state index in [4.69, 9.17) is 61.8 Å². The molecular formula is C115H152Cl2F10O8. The third kappa shape index (κ3) is 43.5. The lowest BCUT2D eigenvalue weighted by Crippen LogP contribution is -2.10. The van der Waals surface area contributed by atoms with Gasteiger partial charge in [0.15, 0.2) is 0 Å². The molecule has 0 bridgehead atoms. The smallest absolute Gasteiger partial charge is 0.416 e. The van der Waals surface area contributed by atoms with Crippen LogP contribution in [-0.2, 0) is 19.4 Å². The van der Waals surface area contributed by atoms with Crippen LogP contribution >= 0.6 is 23.2 Å². The van der Waals surface area contributed by atoms with Crippen molar-refractivity contribution >= 4 is 23.2 Å². The van der Waals surface area contributed by atoms with Gasteiger partial charge in [0.05, 0.1) is 61.4 Å². The number of aliphatic hydroxyl groups excluding tert-OH is 2. The normalized spacial score (nSPS) is 10.8. The van der Waals surface area contributed by atoms with Crippen molar-refractivity contribution in [3.05, 3.63) is 351 Å². The highest BCUT2D eigenvalue weighted by Crippen LogP contribution is 2.38. The molecule has 0 amide bonds. The molecule has 0 saturated heterocycles. The molecule has 0 aliphatic carbocycles. The summed E-state index contributed by atoms with van der Waals surface area (Å²) in [4.78, 5) is 0. The summed E-state index contributed by atoms with van der Waals surface area (Å²) < 4.78 is 158. The molecule has 0 atom stereocenters. The third-order valence-corrected chi connectivity index (χ3v) is 22.2. The summed E-state index contributed by atoms with van der Waals surface area (Å²) in [5, 5.41) is 18.9. The molecule has 11 aromatic carbocycles. The van der Waals surface area contributed by atoms with E-state index in [1.165, 1.54) is 81.9 Å². The fourth-order valence-electron chi connectivity index (χ4n) is 13.6. The van der Waals surface area contributed by atoms with Crippen molar-refractivity contribution in [3.8, 4) is 34.5 Å². The topological polar surface area (TPSA) is 95.8 Å². The molecule has 135 heavy (non-hydrogen) atoms. The van der Waals surface area contributed by atoms with Crippen LogP contribution in [0.5, 0.6) is 34.5 Å². The van der Waals surface area contributed by atoms with Crippen LogP contribution in [0.1, 0.15) is 343 Å². The first-order valence-corrected chi connectivity index (χ1v) is 46.6. The maximum Gasteiger partial charge on any atom is 0.416 e. The van der Waals surface area contributed by atoms with Gasteiger partial charge in [-0.3, -0.25) is 0 Å². The van der Waals surface area contributed by atoms with Gasteiger partial charge in [0, 0.05) is 33.3 Å². The van der Waals surface area contributed by atoms with E-state index in [-0.39, 0.29) is 59.6 Å². The fraction of sp³-hybridized carbons (Fsp3) is 0.426. The van der Waals surface area contributed by atoms with Crippen LogP contribution < -0.4 is 28.4 Å². The van der Waals surface area contributed by atoms with Gasteiger partial charge in [0.25, 0.3) is 0 Å². The number of hydrogen-bond acceptors (Lipinski definition) is 8. The van der Waals surface area contributed by atoms with Gasteiger partial charge in [-0.15, -0.1) is 0 Å². The Labute approximate surface area is 812 Å². The molecule has 11 aromatic rings. The molecule has 0 aromatic heterocycles. The number of halogens is 12. The highest BCUT2D eigenvalue weighted by molar-refractivity contribution is 6.31. The molecule has 0 radical (unpaired) electrons. The molecule has 0 fully saturated rings. The fourth-order valence-corrected chi connectivity index (χ4v) is 14.1. The molecule has 20 heteroatoms. The molecule has 8 nitrogen and oxygen atoms in total. The van der Waals surface area contributed by atoms with Gasteiger partial charge >= 0.3 is 6.18 Å². The van der Waals surface area contributed by atoms with Crippen molar-refractivity contribution in [3.63, 3.8) is 0 Å². The maximum absolute atomic E-state index is 13.1. The van der Waals surface area contributed by atoms with Crippen molar-refractivity contribution in [1.82, 2.24) is 0 Å². The van der Waals surface area contributed by atoms with Gasteiger partial charge in [0.1, 0.15) is 75.2 Å². The molecule has 0 aliphatic heterocycles. The number of hydrogen-bond donors (Lipinski definition) is 2. The lowest BCUT2D eigenvalue weighted by molar-refractivity contribution is -0.138. The maximum atomic E-state index is 13.1. The van der Waals surface area contributed by atoms with E-state index in [1.54, 1.807) is 107 Å². The number of benzene rings is 11. The van der Waals surface area contributed by atoms with Gasteiger partial charge in [-0.1, -0.05) is 268 Å². The minimum Gasteiger partial charge on any atom is -0.497 e. The summed E-state index contributed by atoms with van der Waals surface area (Å²) in [6.07, 6.45) is -4.48. The van der Waals surface area contributed by atoms with Crippen molar-refractivity contribution in [2.75, 3.05) is 42.7 Å². The van der Waals surface area contributed by atoms with E-state index in [0.717, 1.165) is 84.2 Å². The average molecular weight is 1920 g/mol. The molecule has 0 unspecified atom stereocenters. The summed E-state index contributed by atoms with van der Waals surface area (Å²) >= 11 is 11.6. The van der Waals surface area contributed by atoms with E-state index < -0.39 is 17.6 Å². The van der Waals surface area contributed by atoms with E-state index >= 15 is 0 Å². The number of ether oxygens (including phenoxy) is 6. The van der Waals surface area contributed by atoms with Crippen molar-refractivity contribution in [2.24, 2.45) is 0 Å². The first kappa shape index (κ1) is 123. The zero-order chi connectivity index (χ0) is 103. The molecule has 0 aliphatic rings. The highest BCUT2D eigenvalue weighted by atomic mass is 35.5. The highest BCUT2D eigenvalue weighted by Gasteiger charge is 2.34. The van der Waals surface area contributed by atoms with Crippen LogP contribution in [0.2, 0.25) is 10.0 Å². The summed E-state index contributed by atoms with van der Waals surface area (Å²) in [5.41, 5.74) is 17.1. The van der Waals surface area contributed by atoms with Gasteiger partial charge in [-0.2, -0.15) is 13.2 Å². The van der Waals surface area contributed by atoms with Gasteiger partial charge in [0.2, 0.25) is 0 Å². The monoisotopic (exact) mass is 1920 g/mol. The Balaban J connectivity index is 0.000000743. The van der Waals surface area contributed by atoms with E-state index in [0.29, 0.717) is 98.8 Å². The lowest BCUT2D eigenvalue weighted by Gasteiger charge is -2.15. The predicted molar refractivity (Wildman–Crippen MR) is 545 cm³/mol. The van der Waals surface area contributed by atoms with Crippen LogP contribution in [-0.4, -0.2) is 52.9 Å². The lowest BCUT2D eigenvalue weighted by atomic mass is 9.95. The van der Waals surface area contributed by atoms with E-state index in [2.05, 4.69) is 149 Å². The zero-order valence-corrected chi connectivity index (χ0v) is 87.7. The molecule has 0 heterocycles. The standard InChI is InChI=1S/C13H20O.C11H15FO.C11H15F.C11H16O2.C10H13ClO.C10H10F4.2C10H13FO.C10H13F.C10H14O.C9H10ClF/c1-9(2)11-6-7-13(14-5)12(8-11)10(3)4;1-7(2)9-5-8(3)10(12)6-11(9)13-4;1-7(2)10-5-9(4)11(12)6-8(10)3;1-8(2)10-7-9(12-3)5-6-11(10)13-4;1-7(2)9-6-8(11)4-5-10(9)12-3;1-6(2)8-4-3-7(11)5-9(8)10(12,13)14;1-7(2)9-5-4-8(11)6-10(9)12-3;1-7(2)8-3-4-10(11)9(5-8)6-12;1-7(2)10-5-4-9(11)6-8(10)3;1-8(2)10-5-3-4-9(6-10)7-11;1-6(2)8-4-3-7(11)5-9(8)10/h6-10H,1-5H3;5-7H,1-4H3;5-7H,1-4H3;5-8H,1-4H3;4-7H,1-3H3;3-6H,1-2H3;4-7H,1-3H3;3-5,7,12H,6H2,1-2H3;4-7H,1-3H3;3-6,8,11H,7H2,1-2H3;3-6H,1-2H3. The second kappa shape index (κ2) is 62.0. The quantitative estimate of drug-likeness (QED) is 0.0729. The molecule has 744 valence electrons. The predicted octanol–water partition coefficient (Wildman–Crippen LogP) is 35.6. The van der Waals surface area contributed by atoms with Gasteiger partial charge in [-0.05, 0) is 291 Å². The van der Waals surface area contributed by atoms with Crippen molar-refractivity contribution < 1.29 is 82.5 Å². The molecule has 0 saturated carbocycles. The average Bonchev–Trinajstić information content (AvgIpc) is 0.698. The molecule has 11 rings (SSSR count). The van der Waals surface area contributed by atoms with Gasteiger partial charge < -0.3 is 38.6 Å². The summed E-state index contributed by atoms with van der Waals surface area (Å²) in [6, 6.07) is 54.7. The minimum absolute atomic E-state index is 0.100. The Morgan fingerprint density at radius 2 is 0.630 bits per heavy atom. The largest absolute Gasteiger partial charge is 0.497 e. The first-order valence-electron chi connectivity index (χ1n) is 45.9.